The molecule has 0 radical (unpaired) electrons. The third-order valence-corrected chi connectivity index (χ3v) is 4.16. The van der Waals surface area contributed by atoms with E-state index < -0.39 is 5.97 Å². The molecule has 1 aliphatic rings. The molecule has 2 heterocycles. The summed E-state index contributed by atoms with van der Waals surface area (Å²) < 4.78 is 4.85. The molecule has 0 bridgehead atoms. The highest BCUT2D eigenvalue weighted by Crippen LogP contribution is 2.32. The second kappa shape index (κ2) is 5.69. The fraction of sp³-hybridized carbons (Fsp3) is 0.600. The number of nitrogen functional groups attached to an aromatic ring is 1. The molecule has 1 saturated heterocycles. The Hall–Kier alpha value is -1.78. The van der Waals surface area contributed by atoms with E-state index >= 15 is 0 Å². The van der Waals surface area contributed by atoms with Crippen LogP contribution in [0.3, 0.4) is 0 Å². The van der Waals surface area contributed by atoms with Crippen molar-refractivity contribution >= 4 is 17.5 Å². The van der Waals surface area contributed by atoms with Gasteiger partial charge in [0.05, 0.1) is 19.0 Å². The van der Waals surface area contributed by atoms with Crippen LogP contribution < -0.4 is 10.6 Å². The summed E-state index contributed by atoms with van der Waals surface area (Å²) >= 11 is 0. The van der Waals surface area contributed by atoms with Crippen molar-refractivity contribution in [2.75, 3.05) is 24.3 Å². The largest absolute Gasteiger partial charge is 0.465 e. The van der Waals surface area contributed by atoms with Crippen LogP contribution in [0, 0.1) is 11.8 Å². The first-order valence-corrected chi connectivity index (χ1v) is 7.04. The molecule has 0 aromatic carbocycles. The Balaban J connectivity index is 2.43. The number of carbonyl (C=O) groups is 1. The van der Waals surface area contributed by atoms with Crippen molar-refractivity contribution in [2.45, 2.75) is 33.2 Å². The number of piperidine rings is 1. The smallest absolute Gasteiger partial charge is 0.341 e. The van der Waals surface area contributed by atoms with Gasteiger partial charge in [-0.15, -0.1) is 0 Å². The molecule has 2 rings (SSSR count). The molecule has 110 valence electrons. The number of ether oxygens (including phenoxy) is 1. The van der Waals surface area contributed by atoms with Crippen molar-refractivity contribution in [1.82, 2.24) is 4.98 Å². The highest BCUT2D eigenvalue weighted by molar-refractivity contribution is 5.95. The summed E-state index contributed by atoms with van der Waals surface area (Å²) in [5.41, 5.74) is 6.67. The Morgan fingerprint density at radius 3 is 2.80 bits per heavy atom. The zero-order valence-electron chi connectivity index (χ0n) is 12.6. The number of hydrogen-bond acceptors (Lipinski definition) is 5. The van der Waals surface area contributed by atoms with E-state index in [0.717, 1.165) is 6.54 Å². The average molecular weight is 277 g/mol. The lowest BCUT2D eigenvalue weighted by atomic mass is 9.86. The molecule has 0 amide bonds. The maximum absolute atomic E-state index is 12.0. The van der Waals surface area contributed by atoms with Gasteiger partial charge in [-0.3, -0.25) is 0 Å². The number of nitrogens with zero attached hydrogens (tertiary/aromatic N) is 2. The average Bonchev–Trinajstić information content (AvgIpc) is 2.42. The molecule has 1 aromatic heterocycles. The van der Waals surface area contributed by atoms with Gasteiger partial charge in [-0.1, -0.05) is 13.8 Å². The monoisotopic (exact) mass is 277 g/mol. The quantitative estimate of drug-likeness (QED) is 0.840. The van der Waals surface area contributed by atoms with Gasteiger partial charge < -0.3 is 15.4 Å². The molecule has 0 saturated carbocycles. The van der Waals surface area contributed by atoms with Crippen LogP contribution in [0.25, 0.3) is 0 Å². The Labute approximate surface area is 120 Å². The number of methoxy groups -OCH3 is 1. The molecular formula is C15H23N3O2. The Kier molecular flexibility index (Phi) is 4.16. The fourth-order valence-electron chi connectivity index (χ4n) is 2.96. The minimum absolute atomic E-state index is 0.339. The summed E-state index contributed by atoms with van der Waals surface area (Å²) in [6.07, 6.45) is 2.79. The van der Waals surface area contributed by atoms with Crippen LogP contribution in [0.5, 0.6) is 0 Å². The van der Waals surface area contributed by atoms with E-state index in [-0.39, 0.29) is 0 Å². The molecule has 0 aliphatic carbocycles. The van der Waals surface area contributed by atoms with Crippen LogP contribution in [0.2, 0.25) is 0 Å². The van der Waals surface area contributed by atoms with Gasteiger partial charge in [0.1, 0.15) is 11.4 Å². The Morgan fingerprint density at radius 1 is 1.45 bits per heavy atom. The van der Waals surface area contributed by atoms with Crippen LogP contribution >= 0.6 is 0 Å². The van der Waals surface area contributed by atoms with Gasteiger partial charge >= 0.3 is 5.97 Å². The number of esters is 1. The molecular weight excluding hydrogens is 254 g/mol. The van der Waals surface area contributed by atoms with E-state index in [9.17, 15) is 4.79 Å². The molecule has 5 nitrogen and oxygen atoms in total. The minimum Gasteiger partial charge on any atom is -0.465 e. The fourth-order valence-corrected chi connectivity index (χ4v) is 2.96. The van der Waals surface area contributed by atoms with Crippen molar-refractivity contribution in [1.29, 1.82) is 0 Å². The lowest BCUT2D eigenvalue weighted by molar-refractivity contribution is 0.0600. The molecule has 5 heteroatoms. The van der Waals surface area contributed by atoms with Crippen LogP contribution in [0.1, 0.15) is 37.6 Å². The summed E-state index contributed by atoms with van der Waals surface area (Å²) in [6.45, 7) is 7.54. The predicted molar refractivity (Wildman–Crippen MR) is 79.7 cm³/mol. The first kappa shape index (κ1) is 14.6. The van der Waals surface area contributed by atoms with Crippen LogP contribution in [-0.2, 0) is 4.74 Å². The number of carbonyl (C=O) groups excluding carboxylic acids is 1. The van der Waals surface area contributed by atoms with E-state index in [0.29, 0.717) is 34.9 Å². The topological polar surface area (TPSA) is 68.5 Å². The number of nitrogens with two attached hydrogens (primary N) is 1. The second-order valence-electron chi connectivity index (χ2n) is 5.84. The summed E-state index contributed by atoms with van der Waals surface area (Å²) in [6, 6.07) is 1.98. The summed E-state index contributed by atoms with van der Waals surface area (Å²) in [5.74, 6) is 1.42. The Morgan fingerprint density at radius 2 is 2.15 bits per heavy atom. The van der Waals surface area contributed by atoms with E-state index in [1.807, 2.05) is 0 Å². The zero-order chi connectivity index (χ0) is 14.9. The maximum atomic E-state index is 12.0. The summed E-state index contributed by atoms with van der Waals surface area (Å²) in [5, 5.41) is 0. The molecule has 0 spiro atoms. The van der Waals surface area contributed by atoms with Gasteiger partial charge in [-0.2, -0.15) is 0 Å². The number of aromatic nitrogens is 1. The minimum atomic E-state index is -0.391. The molecule has 3 atom stereocenters. The lowest BCUT2D eigenvalue weighted by Crippen LogP contribution is -2.46. The van der Waals surface area contributed by atoms with E-state index in [2.05, 4.69) is 30.7 Å². The van der Waals surface area contributed by atoms with Crippen molar-refractivity contribution in [3.05, 3.63) is 17.8 Å². The summed E-state index contributed by atoms with van der Waals surface area (Å²) in [7, 11) is 1.38. The number of hydrogen-bond donors (Lipinski definition) is 1. The molecule has 3 unspecified atom stereocenters. The summed E-state index contributed by atoms with van der Waals surface area (Å²) in [4.78, 5) is 18.5. The molecule has 1 aliphatic heterocycles. The van der Waals surface area contributed by atoms with Crippen LogP contribution in [-0.4, -0.2) is 30.6 Å². The second-order valence-corrected chi connectivity index (χ2v) is 5.84. The van der Waals surface area contributed by atoms with Gasteiger partial charge in [0.15, 0.2) is 0 Å². The molecule has 1 aromatic rings. The number of pyridine rings is 1. The zero-order valence-corrected chi connectivity index (χ0v) is 12.6. The lowest BCUT2D eigenvalue weighted by Gasteiger charge is -2.42. The first-order valence-electron chi connectivity index (χ1n) is 7.04. The van der Waals surface area contributed by atoms with Gasteiger partial charge in [0, 0.05) is 12.6 Å². The van der Waals surface area contributed by atoms with Crippen molar-refractivity contribution in [3.63, 3.8) is 0 Å². The van der Waals surface area contributed by atoms with Crippen LogP contribution in [0.15, 0.2) is 12.3 Å². The first-order chi connectivity index (χ1) is 9.43. The van der Waals surface area contributed by atoms with Gasteiger partial charge in [0.2, 0.25) is 0 Å². The van der Waals surface area contributed by atoms with Gasteiger partial charge in [-0.05, 0) is 31.2 Å². The SMILES string of the molecule is COC(=O)c1cc(N)cnc1N1CC(C)CC(C)C1C. The molecule has 1 fully saturated rings. The van der Waals surface area contributed by atoms with E-state index in [1.165, 1.54) is 13.5 Å². The highest BCUT2D eigenvalue weighted by atomic mass is 16.5. The maximum Gasteiger partial charge on any atom is 0.341 e. The highest BCUT2D eigenvalue weighted by Gasteiger charge is 2.32. The van der Waals surface area contributed by atoms with Crippen LogP contribution in [0.4, 0.5) is 11.5 Å². The normalized spacial score (nSPS) is 26.4. The third kappa shape index (κ3) is 2.71. The van der Waals surface area contributed by atoms with Crippen molar-refractivity contribution in [3.8, 4) is 0 Å². The number of anilines is 2. The Bertz CT molecular complexity index is 504. The van der Waals surface area contributed by atoms with E-state index in [1.54, 1.807) is 12.3 Å². The third-order valence-electron chi connectivity index (χ3n) is 4.16. The van der Waals surface area contributed by atoms with Crippen molar-refractivity contribution < 1.29 is 9.53 Å². The van der Waals surface area contributed by atoms with Gasteiger partial charge in [-0.25, -0.2) is 9.78 Å². The molecule has 2 N–H and O–H groups in total. The predicted octanol–water partition coefficient (Wildman–Crippen LogP) is 2.32. The van der Waals surface area contributed by atoms with E-state index in [4.69, 9.17) is 10.5 Å². The van der Waals surface area contributed by atoms with Crippen molar-refractivity contribution in [2.24, 2.45) is 11.8 Å². The number of rotatable bonds is 2. The standard InChI is InChI=1S/C15H23N3O2/c1-9-5-10(2)11(3)18(8-9)14-13(15(19)20-4)6-12(16)7-17-14/h6-7,9-11H,5,8,16H2,1-4H3. The molecule has 20 heavy (non-hydrogen) atoms. The van der Waals surface area contributed by atoms with Gasteiger partial charge in [0.25, 0.3) is 0 Å².